The van der Waals surface area contributed by atoms with Crippen molar-refractivity contribution in [2.75, 3.05) is 11.9 Å². The molecule has 0 aliphatic rings. The zero-order valence-corrected chi connectivity index (χ0v) is 9.32. The molecule has 0 saturated carbocycles. The smallest absolute Gasteiger partial charge is 0.168 e. The van der Waals surface area contributed by atoms with Crippen molar-refractivity contribution in [1.29, 1.82) is 0 Å². The van der Waals surface area contributed by atoms with Gasteiger partial charge in [0, 0.05) is 38.5 Å². The van der Waals surface area contributed by atoms with Crippen molar-refractivity contribution in [3.05, 3.63) is 42.1 Å². The summed E-state index contributed by atoms with van der Waals surface area (Å²) in [6, 6.07) is 0.802. The molecule has 2 rings (SSSR count). The van der Waals surface area contributed by atoms with Crippen LogP contribution in [0.1, 0.15) is 5.82 Å². The number of aromatic nitrogens is 3. The molecule has 0 unspecified atom stereocenters. The van der Waals surface area contributed by atoms with Gasteiger partial charge >= 0.3 is 0 Å². The first-order valence-electron chi connectivity index (χ1n) is 5.18. The molecule has 0 fully saturated rings. The van der Waals surface area contributed by atoms with Crippen molar-refractivity contribution < 1.29 is 8.78 Å². The maximum atomic E-state index is 13.2. The fraction of sp³-hybridized carbons (Fsp3) is 0.273. The lowest BCUT2D eigenvalue weighted by Gasteiger charge is -2.06. The van der Waals surface area contributed by atoms with Gasteiger partial charge in [0.15, 0.2) is 11.6 Å². The zero-order chi connectivity index (χ0) is 12.3. The van der Waals surface area contributed by atoms with Gasteiger partial charge < -0.3 is 9.88 Å². The van der Waals surface area contributed by atoms with Crippen LogP contribution in [-0.4, -0.2) is 21.1 Å². The second-order valence-electron chi connectivity index (χ2n) is 3.62. The molecule has 17 heavy (non-hydrogen) atoms. The third kappa shape index (κ3) is 2.77. The van der Waals surface area contributed by atoms with Crippen molar-refractivity contribution in [2.45, 2.75) is 6.42 Å². The number of hydrogen-bond donors (Lipinski definition) is 1. The highest BCUT2D eigenvalue weighted by Gasteiger charge is 2.05. The molecule has 0 atom stereocenters. The highest BCUT2D eigenvalue weighted by atomic mass is 19.1. The third-order valence-electron chi connectivity index (χ3n) is 2.37. The van der Waals surface area contributed by atoms with E-state index in [1.807, 2.05) is 17.8 Å². The van der Waals surface area contributed by atoms with E-state index in [0.717, 1.165) is 18.1 Å². The summed E-state index contributed by atoms with van der Waals surface area (Å²) in [5.41, 5.74) is 0. The molecule has 2 aromatic rings. The first kappa shape index (κ1) is 11.5. The topological polar surface area (TPSA) is 42.7 Å². The minimum Gasteiger partial charge on any atom is -0.367 e. The molecule has 0 amide bonds. The van der Waals surface area contributed by atoms with Gasteiger partial charge in [-0.3, -0.25) is 0 Å². The number of nitrogens with one attached hydrogen (secondary N) is 1. The first-order valence-corrected chi connectivity index (χ1v) is 5.18. The van der Waals surface area contributed by atoms with E-state index in [4.69, 9.17) is 0 Å². The molecule has 4 nitrogen and oxygen atoms in total. The predicted octanol–water partition coefficient (Wildman–Crippen LogP) is 1.75. The van der Waals surface area contributed by atoms with Crippen molar-refractivity contribution in [2.24, 2.45) is 7.05 Å². The summed E-state index contributed by atoms with van der Waals surface area (Å²) >= 11 is 0. The quantitative estimate of drug-likeness (QED) is 0.882. The second-order valence-corrected chi connectivity index (χ2v) is 3.62. The summed E-state index contributed by atoms with van der Waals surface area (Å²) in [5, 5.41) is 2.80. The fourth-order valence-corrected chi connectivity index (χ4v) is 1.47. The van der Waals surface area contributed by atoms with Crippen molar-refractivity contribution >= 4 is 5.82 Å². The number of pyridine rings is 1. The lowest BCUT2D eigenvalue weighted by molar-refractivity contribution is 0.575. The standard InChI is InChI=1S/C11H12F2N4/c1-17-5-4-14-10(17)2-3-15-11-9(13)6-8(12)7-16-11/h4-7H,2-3H2,1H3,(H,15,16). The molecule has 0 aromatic carbocycles. The van der Waals surface area contributed by atoms with Gasteiger partial charge in [0.25, 0.3) is 0 Å². The molecule has 1 N–H and O–H groups in total. The second kappa shape index (κ2) is 4.90. The Hall–Kier alpha value is -1.98. The van der Waals surface area contributed by atoms with Gasteiger partial charge in [0.2, 0.25) is 0 Å². The summed E-state index contributed by atoms with van der Waals surface area (Å²) in [7, 11) is 1.89. The first-order chi connectivity index (χ1) is 8.16. The van der Waals surface area contributed by atoms with Gasteiger partial charge in [0.05, 0.1) is 6.20 Å². The van der Waals surface area contributed by atoms with Crippen LogP contribution >= 0.6 is 0 Å². The molecule has 0 aliphatic carbocycles. The summed E-state index contributed by atoms with van der Waals surface area (Å²) in [5.74, 6) is -0.428. The highest BCUT2D eigenvalue weighted by Crippen LogP contribution is 2.10. The van der Waals surface area contributed by atoms with Gasteiger partial charge in [-0.05, 0) is 0 Å². The average molecular weight is 238 g/mol. The summed E-state index contributed by atoms with van der Waals surface area (Å²) in [6.45, 7) is 0.487. The minimum atomic E-state index is -0.690. The summed E-state index contributed by atoms with van der Waals surface area (Å²) in [4.78, 5) is 7.76. The lowest BCUT2D eigenvalue weighted by Crippen LogP contribution is -2.10. The Morgan fingerprint density at radius 3 is 2.82 bits per heavy atom. The zero-order valence-electron chi connectivity index (χ0n) is 9.32. The lowest BCUT2D eigenvalue weighted by atomic mass is 10.3. The Balaban J connectivity index is 1.92. The van der Waals surface area contributed by atoms with Crippen molar-refractivity contribution in [3.8, 4) is 0 Å². The van der Waals surface area contributed by atoms with Crippen LogP contribution in [0.5, 0.6) is 0 Å². The molecule has 0 radical (unpaired) electrons. The SMILES string of the molecule is Cn1ccnc1CCNc1ncc(F)cc1F. The fourth-order valence-electron chi connectivity index (χ4n) is 1.47. The number of hydrogen-bond acceptors (Lipinski definition) is 3. The number of anilines is 1. The van der Waals surface area contributed by atoms with Crippen LogP contribution < -0.4 is 5.32 Å². The van der Waals surface area contributed by atoms with Crippen molar-refractivity contribution in [3.63, 3.8) is 0 Å². The molecule has 0 saturated heterocycles. The predicted molar refractivity (Wildman–Crippen MR) is 59.6 cm³/mol. The number of imidazole rings is 1. The van der Waals surface area contributed by atoms with Crippen LogP contribution in [0.4, 0.5) is 14.6 Å². The molecular formula is C11H12F2N4. The Morgan fingerprint density at radius 1 is 1.35 bits per heavy atom. The molecule has 0 spiro atoms. The number of aryl methyl sites for hydroxylation is 1. The van der Waals surface area contributed by atoms with E-state index < -0.39 is 11.6 Å². The van der Waals surface area contributed by atoms with Crippen LogP contribution in [0.3, 0.4) is 0 Å². The molecule has 90 valence electrons. The van der Waals surface area contributed by atoms with Gasteiger partial charge in [-0.1, -0.05) is 0 Å². The van der Waals surface area contributed by atoms with E-state index in [-0.39, 0.29) is 5.82 Å². The van der Waals surface area contributed by atoms with Crippen LogP contribution in [0.15, 0.2) is 24.7 Å². The van der Waals surface area contributed by atoms with E-state index in [0.29, 0.717) is 13.0 Å². The molecular weight excluding hydrogens is 226 g/mol. The van der Waals surface area contributed by atoms with Gasteiger partial charge in [-0.25, -0.2) is 18.7 Å². The largest absolute Gasteiger partial charge is 0.367 e. The van der Waals surface area contributed by atoms with Crippen LogP contribution in [0, 0.1) is 11.6 Å². The van der Waals surface area contributed by atoms with E-state index in [9.17, 15) is 8.78 Å². The van der Waals surface area contributed by atoms with E-state index in [2.05, 4.69) is 15.3 Å². The molecule has 6 heteroatoms. The number of rotatable bonds is 4. The van der Waals surface area contributed by atoms with Gasteiger partial charge in [-0.2, -0.15) is 0 Å². The Kier molecular flexibility index (Phi) is 3.32. The number of halogens is 2. The van der Waals surface area contributed by atoms with Crippen LogP contribution in [-0.2, 0) is 13.5 Å². The molecule has 0 bridgehead atoms. The maximum absolute atomic E-state index is 13.2. The summed E-state index contributed by atoms with van der Waals surface area (Å²) < 4.78 is 27.7. The van der Waals surface area contributed by atoms with Gasteiger partial charge in [-0.15, -0.1) is 0 Å². The average Bonchev–Trinajstić information content (AvgIpc) is 2.68. The Labute approximate surface area is 97.3 Å². The minimum absolute atomic E-state index is 0.0561. The van der Waals surface area contributed by atoms with Crippen LogP contribution in [0.2, 0.25) is 0 Å². The molecule has 2 heterocycles. The van der Waals surface area contributed by atoms with E-state index in [1.54, 1.807) is 6.20 Å². The molecule has 2 aromatic heterocycles. The Bertz CT molecular complexity index is 510. The van der Waals surface area contributed by atoms with E-state index in [1.165, 1.54) is 0 Å². The monoisotopic (exact) mass is 238 g/mol. The third-order valence-corrected chi connectivity index (χ3v) is 2.37. The normalized spacial score (nSPS) is 10.5. The maximum Gasteiger partial charge on any atom is 0.168 e. The highest BCUT2D eigenvalue weighted by molar-refractivity contribution is 5.35. The molecule has 0 aliphatic heterocycles. The number of nitrogens with zero attached hydrogens (tertiary/aromatic N) is 3. The summed E-state index contributed by atoms with van der Waals surface area (Å²) in [6.07, 6.45) is 5.16. The van der Waals surface area contributed by atoms with Gasteiger partial charge in [0.1, 0.15) is 11.6 Å². The van der Waals surface area contributed by atoms with Crippen LogP contribution in [0.25, 0.3) is 0 Å². The van der Waals surface area contributed by atoms with Crippen molar-refractivity contribution in [1.82, 2.24) is 14.5 Å². The van der Waals surface area contributed by atoms with E-state index >= 15 is 0 Å². The Morgan fingerprint density at radius 2 is 2.18 bits per heavy atom.